The number of rotatable bonds is 4. The van der Waals surface area contributed by atoms with Gasteiger partial charge in [0.2, 0.25) is 11.9 Å². The molecular weight excluding hydrogens is 242 g/mol. The lowest BCUT2D eigenvalue weighted by Crippen LogP contribution is -2.53. The Kier molecular flexibility index (Phi) is 4.68. The summed E-state index contributed by atoms with van der Waals surface area (Å²) in [4.78, 5) is 24.5. The van der Waals surface area contributed by atoms with E-state index in [0.29, 0.717) is 13.1 Å². The summed E-state index contributed by atoms with van der Waals surface area (Å²) < 4.78 is 0. The van der Waals surface area contributed by atoms with Crippen LogP contribution in [0.4, 0.5) is 5.95 Å². The number of nitrogens with zero attached hydrogens (tertiary/aromatic N) is 4. The zero-order chi connectivity index (χ0) is 13.7. The van der Waals surface area contributed by atoms with Gasteiger partial charge in [-0.15, -0.1) is 0 Å². The predicted molar refractivity (Wildman–Crippen MR) is 73.7 cm³/mol. The summed E-state index contributed by atoms with van der Waals surface area (Å²) in [5.74, 6) is 0.794. The average Bonchev–Trinajstić information content (AvgIpc) is 2.48. The fourth-order valence-electron chi connectivity index (χ4n) is 2.25. The molecule has 1 saturated heterocycles. The molecule has 1 fully saturated rings. The predicted octanol–water partition coefficient (Wildman–Crippen LogP) is 0.253. The van der Waals surface area contributed by atoms with E-state index >= 15 is 0 Å². The second kappa shape index (κ2) is 6.47. The number of piperazine rings is 1. The molecular formula is C13H21N5O. The number of aromatic nitrogens is 2. The first-order valence-electron chi connectivity index (χ1n) is 6.78. The van der Waals surface area contributed by atoms with E-state index in [1.54, 1.807) is 18.5 Å². The van der Waals surface area contributed by atoms with Crippen LogP contribution < -0.4 is 10.6 Å². The van der Waals surface area contributed by atoms with Crippen LogP contribution in [-0.2, 0) is 4.79 Å². The van der Waals surface area contributed by atoms with Gasteiger partial charge < -0.3 is 15.5 Å². The number of anilines is 1. The number of nitrogens with two attached hydrogens (primary N) is 1. The third-order valence-electron chi connectivity index (χ3n) is 3.34. The number of hydrogen-bond donors (Lipinski definition) is 1. The van der Waals surface area contributed by atoms with E-state index in [4.69, 9.17) is 5.73 Å². The van der Waals surface area contributed by atoms with Gasteiger partial charge in [-0.3, -0.25) is 4.79 Å². The van der Waals surface area contributed by atoms with E-state index in [1.807, 2.05) is 11.8 Å². The van der Waals surface area contributed by atoms with Crippen molar-refractivity contribution in [2.24, 2.45) is 5.73 Å². The normalized spacial score (nSPS) is 17.4. The molecule has 19 heavy (non-hydrogen) atoms. The standard InChI is InChI=1S/C13H21N5O/c1-2-4-11(14)12(19)17-7-9-18(10-8-17)13-15-5-3-6-16-13/h3,5-6,11H,2,4,7-10,14H2,1H3/t11-/m0/s1. The van der Waals surface area contributed by atoms with Gasteiger partial charge >= 0.3 is 0 Å². The third kappa shape index (κ3) is 3.41. The van der Waals surface area contributed by atoms with Crippen LogP contribution in [0, 0.1) is 0 Å². The maximum Gasteiger partial charge on any atom is 0.239 e. The van der Waals surface area contributed by atoms with Crippen molar-refractivity contribution in [2.75, 3.05) is 31.1 Å². The van der Waals surface area contributed by atoms with E-state index in [1.165, 1.54) is 0 Å². The molecule has 104 valence electrons. The van der Waals surface area contributed by atoms with Crippen LogP contribution in [-0.4, -0.2) is 53.0 Å². The molecule has 1 amide bonds. The molecule has 6 heteroatoms. The molecule has 1 atom stereocenters. The number of hydrogen-bond acceptors (Lipinski definition) is 5. The molecule has 1 aliphatic heterocycles. The van der Waals surface area contributed by atoms with Gasteiger partial charge in [0, 0.05) is 38.6 Å². The zero-order valence-electron chi connectivity index (χ0n) is 11.3. The van der Waals surface area contributed by atoms with Crippen LogP contribution in [0.1, 0.15) is 19.8 Å². The Hall–Kier alpha value is -1.69. The molecule has 0 bridgehead atoms. The van der Waals surface area contributed by atoms with Crippen molar-refractivity contribution in [2.45, 2.75) is 25.8 Å². The van der Waals surface area contributed by atoms with Crippen molar-refractivity contribution >= 4 is 11.9 Å². The number of carbonyl (C=O) groups excluding carboxylic acids is 1. The minimum Gasteiger partial charge on any atom is -0.338 e. The average molecular weight is 263 g/mol. The summed E-state index contributed by atoms with van der Waals surface area (Å²) in [6.07, 6.45) is 5.15. The summed E-state index contributed by atoms with van der Waals surface area (Å²) in [5, 5.41) is 0. The Morgan fingerprint density at radius 1 is 1.32 bits per heavy atom. The molecule has 1 aliphatic rings. The highest BCUT2D eigenvalue weighted by Crippen LogP contribution is 2.11. The maximum absolute atomic E-state index is 12.1. The van der Waals surface area contributed by atoms with Crippen LogP contribution >= 0.6 is 0 Å². The summed E-state index contributed by atoms with van der Waals surface area (Å²) in [6, 6.07) is 1.44. The number of carbonyl (C=O) groups is 1. The van der Waals surface area contributed by atoms with Gasteiger partial charge in [0.1, 0.15) is 0 Å². The zero-order valence-corrected chi connectivity index (χ0v) is 11.3. The Bertz CT molecular complexity index is 403. The van der Waals surface area contributed by atoms with Gasteiger partial charge in [0.25, 0.3) is 0 Å². The molecule has 2 heterocycles. The molecule has 0 unspecified atom stereocenters. The lowest BCUT2D eigenvalue weighted by molar-refractivity contribution is -0.133. The Morgan fingerprint density at radius 2 is 1.95 bits per heavy atom. The minimum atomic E-state index is -0.357. The molecule has 2 rings (SSSR count). The van der Waals surface area contributed by atoms with Crippen molar-refractivity contribution in [3.05, 3.63) is 18.5 Å². The van der Waals surface area contributed by atoms with Crippen LogP contribution in [0.15, 0.2) is 18.5 Å². The van der Waals surface area contributed by atoms with Crippen molar-refractivity contribution in [3.8, 4) is 0 Å². The van der Waals surface area contributed by atoms with E-state index in [2.05, 4.69) is 14.9 Å². The molecule has 0 spiro atoms. The van der Waals surface area contributed by atoms with E-state index in [-0.39, 0.29) is 11.9 Å². The van der Waals surface area contributed by atoms with Gasteiger partial charge in [0.15, 0.2) is 0 Å². The molecule has 0 saturated carbocycles. The summed E-state index contributed by atoms with van der Waals surface area (Å²) in [7, 11) is 0. The summed E-state index contributed by atoms with van der Waals surface area (Å²) in [6.45, 7) is 4.93. The van der Waals surface area contributed by atoms with Gasteiger partial charge in [-0.25, -0.2) is 9.97 Å². The van der Waals surface area contributed by atoms with Crippen molar-refractivity contribution in [3.63, 3.8) is 0 Å². The largest absolute Gasteiger partial charge is 0.338 e. The molecule has 0 radical (unpaired) electrons. The van der Waals surface area contributed by atoms with Crippen molar-refractivity contribution < 1.29 is 4.79 Å². The highest BCUT2D eigenvalue weighted by atomic mass is 16.2. The van der Waals surface area contributed by atoms with Gasteiger partial charge in [-0.05, 0) is 12.5 Å². The minimum absolute atomic E-state index is 0.0653. The molecule has 1 aromatic heterocycles. The van der Waals surface area contributed by atoms with Gasteiger partial charge in [-0.2, -0.15) is 0 Å². The molecule has 1 aromatic rings. The van der Waals surface area contributed by atoms with Gasteiger partial charge in [0.05, 0.1) is 6.04 Å². The van der Waals surface area contributed by atoms with E-state index in [0.717, 1.165) is 31.9 Å². The Balaban J connectivity index is 1.87. The fourth-order valence-corrected chi connectivity index (χ4v) is 2.25. The topological polar surface area (TPSA) is 75.4 Å². The Labute approximate surface area is 113 Å². The maximum atomic E-state index is 12.1. The first-order chi connectivity index (χ1) is 9.22. The second-order valence-electron chi connectivity index (χ2n) is 4.76. The monoisotopic (exact) mass is 263 g/mol. The van der Waals surface area contributed by atoms with E-state index < -0.39 is 0 Å². The summed E-state index contributed by atoms with van der Waals surface area (Å²) in [5.41, 5.74) is 5.87. The Morgan fingerprint density at radius 3 is 2.53 bits per heavy atom. The highest BCUT2D eigenvalue weighted by Gasteiger charge is 2.25. The summed E-state index contributed by atoms with van der Waals surface area (Å²) >= 11 is 0. The van der Waals surface area contributed by atoms with Crippen LogP contribution in [0.3, 0.4) is 0 Å². The first-order valence-corrected chi connectivity index (χ1v) is 6.78. The SMILES string of the molecule is CCC[C@H](N)C(=O)N1CCN(c2ncccn2)CC1. The van der Waals surface area contributed by atoms with E-state index in [9.17, 15) is 4.79 Å². The second-order valence-corrected chi connectivity index (χ2v) is 4.76. The number of amides is 1. The third-order valence-corrected chi connectivity index (χ3v) is 3.34. The quantitative estimate of drug-likeness (QED) is 0.843. The molecule has 0 aromatic carbocycles. The highest BCUT2D eigenvalue weighted by molar-refractivity contribution is 5.81. The molecule has 2 N–H and O–H groups in total. The van der Waals surface area contributed by atoms with Crippen LogP contribution in [0.5, 0.6) is 0 Å². The molecule has 6 nitrogen and oxygen atoms in total. The van der Waals surface area contributed by atoms with Crippen LogP contribution in [0.2, 0.25) is 0 Å². The smallest absolute Gasteiger partial charge is 0.239 e. The fraction of sp³-hybridized carbons (Fsp3) is 0.615. The van der Waals surface area contributed by atoms with Gasteiger partial charge in [-0.1, -0.05) is 13.3 Å². The lowest BCUT2D eigenvalue weighted by atomic mass is 10.1. The lowest BCUT2D eigenvalue weighted by Gasteiger charge is -2.35. The first kappa shape index (κ1) is 13.7. The van der Waals surface area contributed by atoms with Crippen LogP contribution in [0.25, 0.3) is 0 Å². The molecule has 0 aliphatic carbocycles. The van der Waals surface area contributed by atoms with Crippen molar-refractivity contribution in [1.29, 1.82) is 0 Å². The van der Waals surface area contributed by atoms with Crippen molar-refractivity contribution in [1.82, 2.24) is 14.9 Å².